The summed E-state index contributed by atoms with van der Waals surface area (Å²) in [7, 11) is 3.89. The standard InChI is InChI=1S/C10H20N2O/c1-8(13)12(3)10-7-5-4-6-9(10)11-2/h9-11H,4-7H2,1-3H3/t9-,10+/m0/s1. The third kappa shape index (κ3) is 2.44. The molecule has 0 heterocycles. The largest absolute Gasteiger partial charge is 0.341 e. The SMILES string of the molecule is CN[C@H]1CCCC[C@H]1N(C)C(C)=O. The number of rotatable bonds is 2. The first-order valence-electron chi connectivity index (χ1n) is 5.07. The number of hydrogen-bond donors (Lipinski definition) is 1. The quantitative estimate of drug-likeness (QED) is 0.694. The van der Waals surface area contributed by atoms with E-state index in [1.165, 1.54) is 19.3 Å². The molecule has 2 atom stereocenters. The monoisotopic (exact) mass is 184 g/mol. The second kappa shape index (κ2) is 4.61. The van der Waals surface area contributed by atoms with Gasteiger partial charge in [0, 0.05) is 26.1 Å². The fourth-order valence-electron chi connectivity index (χ4n) is 2.15. The van der Waals surface area contributed by atoms with Gasteiger partial charge in [-0.3, -0.25) is 4.79 Å². The van der Waals surface area contributed by atoms with Gasteiger partial charge >= 0.3 is 0 Å². The van der Waals surface area contributed by atoms with Crippen molar-refractivity contribution in [3.05, 3.63) is 0 Å². The first-order valence-corrected chi connectivity index (χ1v) is 5.07. The van der Waals surface area contributed by atoms with Crippen LogP contribution in [0, 0.1) is 0 Å². The molecule has 1 saturated carbocycles. The molecule has 1 aliphatic carbocycles. The molecule has 0 radical (unpaired) electrons. The summed E-state index contributed by atoms with van der Waals surface area (Å²) in [5.74, 6) is 0.173. The van der Waals surface area contributed by atoms with Crippen molar-refractivity contribution in [1.29, 1.82) is 0 Å². The van der Waals surface area contributed by atoms with E-state index in [2.05, 4.69) is 5.32 Å². The van der Waals surface area contributed by atoms with E-state index in [4.69, 9.17) is 0 Å². The van der Waals surface area contributed by atoms with Crippen molar-refractivity contribution >= 4 is 5.91 Å². The zero-order chi connectivity index (χ0) is 9.84. The van der Waals surface area contributed by atoms with Gasteiger partial charge in [-0.1, -0.05) is 12.8 Å². The van der Waals surface area contributed by atoms with Crippen LogP contribution in [0.4, 0.5) is 0 Å². The summed E-state index contributed by atoms with van der Waals surface area (Å²) in [5, 5.41) is 3.30. The normalized spacial score (nSPS) is 28.5. The van der Waals surface area contributed by atoms with E-state index in [0.717, 1.165) is 6.42 Å². The molecule has 0 bridgehead atoms. The maximum Gasteiger partial charge on any atom is 0.219 e. The third-order valence-corrected chi connectivity index (χ3v) is 3.09. The predicted octanol–water partition coefficient (Wildman–Crippen LogP) is 0.995. The van der Waals surface area contributed by atoms with Crippen molar-refractivity contribution in [2.75, 3.05) is 14.1 Å². The molecule has 1 rings (SSSR count). The molecule has 76 valence electrons. The van der Waals surface area contributed by atoms with Crippen LogP contribution in [0.25, 0.3) is 0 Å². The van der Waals surface area contributed by atoms with Gasteiger partial charge in [-0.2, -0.15) is 0 Å². The zero-order valence-corrected chi connectivity index (χ0v) is 8.84. The Morgan fingerprint density at radius 1 is 1.38 bits per heavy atom. The first kappa shape index (κ1) is 10.5. The zero-order valence-electron chi connectivity index (χ0n) is 8.84. The van der Waals surface area contributed by atoms with E-state index in [1.54, 1.807) is 6.92 Å². The van der Waals surface area contributed by atoms with Gasteiger partial charge in [0.25, 0.3) is 0 Å². The highest BCUT2D eigenvalue weighted by molar-refractivity contribution is 5.73. The van der Waals surface area contributed by atoms with Crippen LogP contribution in [0.15, 0.2) is 0 Å². The van der Waals surface area contributed by atoms with Crippen LogP contribution in [0.1, 0.15) is 32.6 Å². The van der Waals surface area contributed by atoms with Crippen LogP contribution in [0.2, 0.25) is 0 Å². The van der Waals surface area contributed by atoms with E-state index >= 15 is 0 Å². The van der Waals surface area contributed by atoms with Crippen LogP contribution in [-0.2, 0) is 4.79 Å². The fraction of sp³-hybridized carbons (Fsp3) is 0.900. The minimum atomic E-state index is 0.173. The topological polar surface area (TPSA) is 32.3 Å². The molecule has 3 heteroatoms. The molecule has 3 nitrogen and oxygen atoms in total. The minimum absolute atomic E-state index is 0.173. The van der Waals surface area contributed by atoms with E-state index in [1.807, 2.05) is 19.0 Å². The highest BCUT2D eigenvalue weighted by atomic mass is 16.2. The lowest BCUT2D eigenvalue weighted by molar-refractivity contribution is -0.130. The van der Waals surface area contributed by atoms with E-state index in [-0.39, 0.29) is 5.91 Å². The number of likely N-dealkylation sites (N-methyl/N-ethyl adjacent to an activating group) is 2. The molecule has 1 amide bonds. The molecule has 1 N–H and O–H groups in total. The summed E-state index contributed by atoms with van der Waals surface area (Å²) in [4.78, 5) is 13.1. The summed E-state index contributed by atoms with van der Waals surface area (Å²) in [6, 6.07) is 0.888. The molecule has 0 aromatic carbocycles. The van der Waals surface area contributed by atoms with Gasteiger partial charge in [0.1, 0.15) is 0 Å². The molecule has 0 aromatic rings. The highest BCUT2D eigenvalue weighted by Gasteiger charge is 2.27. The summed E-state index contributed by atoms with van der Waals surface area (Å²) in [6.07, 6.45) is 4.87. The summed E-state index contributed by atoms with van der Waals surface area (Å²) in [6.45, 7) is 1.64. The fourth-order valence-corrected chi connectivity index (χ4v) is 2.15. The van der Waals surface area contributed by atoms with Crippen molar-refractivity contribution in [3.63, 3.8) is 0 Å². The van der Waals surface area contributed by atoms with E-state index in [0.29, 0.717) is 12.1 Å². The molecule has 0 aromatic heterocycles. The lowest BCUT2D eigenvalue weighted by atomic mass is 9.89. The van der Waals surface area contributed by atoms with Gasteiger partial charge in [-0.15, -0.1) is 0 Å². The lowest BCUT2D eigenvalue weighted by Gasteiger charge is -2.37. The van der Waals surface area contributed by atoms with Gasteiger partial charge in [0.2, 0.25) is 5.91 Å². The number of carbonyl (C=O) groups is 1. The number of hydrogen-bond acceptors (Lipinski definition) is 2. The van der Waals surface area contributed by atoms with Crippen LogP contribution in [-0.4, -0.2) is 37.0 Å². The predicted molar refractivity (Wildman–Crippen MR) is 53.5 cm³/mol. The maximum absolute atomic E-state index is 11.2. The Hall–Kier alpha value is -0.570. The van der Waals surface area contributed by atoms with Gasteiger partial charge in [0.05, 0.1) is 0 Å². The molecule has 1 aliphatic rings. The van der Waals surface area contributed by atoms with Crippen molar-refractivity contribution in [3.8, 4) is 0 Å². The third-order valence-electron chi connectivity index (χ3n) is 3.09. The first-order chi connectivity index (χ1) is 6.16. The number of carbonyl (C=O) groups excluding carboxylic acids is 1. The van der Waals surface area contributed by atoms with Crippen molar-refractivity contribution in [1.82, 2.24) is 10.2 Å². The number of nitrogens with zero attached hydrogens (tertiary/aromatic N) is 1. The minimum Gasteiger partial charge on any atom is -0.341 e. The Morgan fingerprint density at radius 3 is 2.54 bits per heavy atom. The molecule has 1 fully saturated rings. The van der Waals surface area contributed by atoms with Crippen LogP contribution < -0.4 is 5.32 Å². The van der Waals surface area contributed by atoms with Crippen molar-refractivity contribution in [2.45, 2.75) is 44.7 Å². The molecular weight excluding hydrogens is 164 g/mol. The number of nitrogens with one attached hydrogen (secondary N) is 1. The molecule has 0 unspecified atom stereocenters. The highest BCUT2D eigenvalue weighted by Crippen LogP contribution is 2.22. The summed E-state index contributed by atoms with van der Waals surface area (Å²) < 4.78 is 0. The molecule has 0 aliphatic heterocycles. The molecule has 0 saturated heterocycles. The summed E-state index contributed by atoms with van der Waals surface area (Å²) >= 11 is 0. The Morgan fingerprint density at radius 2 is 2.00 bits per heavy atom. The average Bonchev–Trinajstić information content (AvgIpc) is 2.16. The Bertz CT molecular complexity index is 182. The van der Waals surface area contributed by atoms with Crippen molar-refractivity contribution < 1.29 is 4.79 Å². The van der Waals surface area contributed by atoms with Crippen LogP contribution in [0.3, 0.4) is 0 Å². The van der Waals surface area contributed by atoms with Gasteiger partial charge < -0.3 is 10.2 Å². The van der Waals surface area contributed by atoms with Crippen LogP contribution in [0.5, 0.6) is 0 Å². The Kier molecular flexibility index (Phi) is 3.72. The smallest absolute Gasteiger partial charge is 0.219 e. The van der Waals surface area contributed by atoms with Gasteiger partial charge in [0.15, 0.2) is 0 Å². The maximum atomic E-state index is 11.2. The van der Waals surface area contributed by atoms with E-state index < -0.39 is 0 Å². The number of amides is 1. The van der Waals surface area contributed by atoms with Gasteiger partial charge in [-0.25, -0.2) is 0 Å². The Labute approximate surface area is 80.5 Å². The Balaban J connectivity index is 2.58. The second-order valence-electron chi connectivity index (χ2n) is 3.88. The van der Waals surface area contributed by atoms with Crippen LogP contribution >= 0.6 is 0 Å². The molecular formula is C10H20N2O. The van der Waals surface area contributed by atoms with Gasteiger partial charge in [-0.05, 0) is 19.9 Å². The average molecular weight is 184 g/mol. The van der Waals surface area contributed by atoms with E-state index in [9.17, 15) is 4.79 Å². The molecule has 0 spiro atoms. The lowest BCUT2D eigenvalue weighted by Crippen LogP contribution is -2.50. The second-order valence-corrected chi connectivity index (χ2v) is 3.88. The van der Waals surface area contributed by atoms with Crippen molar-refractivity contribution in [2.24, 2.45) is 0 Å². The molecule has 13 heavy (non-hydrogen) atoms. The summed E-state index contributed by atoms with van der Waals surface area (Å²) in [5.41, 5.74) is 0.